The SMILES string of the molecule is CCC/C=C/CC(O)C[N+](C)(C)CCCC(=O)[O-]. The van der Waals surface area contributed by atoms with Crippen molar-refractivity contribution in [1.82, 2.24) is 0 Å². The topological polar surface area (TPSA) is 60.4 Å². The summed E-state index contributed by atoms with van der Waals surface area (Å²) in [6.07, 6.45) is 7.28. The Morgan fingerprint density at radius 2 is 2.06 bits per heavy atom. The molecular formula is C14H27NO3. The minimum atomic E-state index is -1.00. The molecule has 1 unspecified atom stereocenters. The lowest BCUT2D eigenvalue weighted by Gasteiger charge is -2.31. The molecule has 0 aromatic heterocycles. The summed E-state index contributed by atoms with van der Waals surface area (Å²) < 4.78 is 0.635. The summed E-state index contributed by atoms with van der Waals surface area (Å²) in [7, 11) is 4.02. The lowest BCUT2D eigenvalue weighted by atomic mass is 10.2. The number of quaternary nitrogens is 1. The van der Waals surface area contributed by atoms with Crippen LogP contribution in [-0.4, -0.2) is 48.8 Å². The molecule has 0 aliphatic rings. The predicted octanol–water partition coefficient (Wildman–Crippen LogP) is 0.700. The van der Waals surface area contributed by atoms with E-state index in [0.29, 0.717) is 23.9 Å². The van der Waals surface area contributed by atoms with Gasteiger partial charge in [-0.25, -0.2) is 0 Å². The summed E-state index contributed by atoms with van der Waals surface area (Å²) in [5.41, 5.74) is 0. The fourth-order valence-corrected chi connectivity index (χ4v) is 1.93. The van der Waals surface area contributed by atoms with E-state index in [4.69, 9.17) is 0 Å². The van der Waals surface area contributed by atoms with Crippen molar-refractivity contribution in [2.45, 2.75) is 45.1 Å². The van der Waals surface area contributed by atoms with Gasteiger partial charge in [-0.3, -0.25) is 0 Å². The number of rotatable bonds is 10. The lowest BCUT2D eigenvalue weighted by Crippen LogP contribution is -2.46. The quantitative estimate of drug-likeness (QED) is 0.463. The van der Waals surface area contributed by atoms with Crippen LogP contribution < -0.4 is 5.11 Å². The van der Waals surface area contributed by atoms with Gasteiger partial charge in [0.05, 0.1) is 20.6 Å². The predicted molar refractivity (Wildman–Crippen MR) is 70.8 cm³/mol. The van der Waals surface area contributed by atoms with E-state index in [0.717, 1.165) is 19.4 Å². The number of carbonyl (C=O) groups is 1. The third-order valence-electron chi connectivity index (χ3n) is 2.88. The first-order chi connectivity index (χ1) is 8.37. The van der Waals surface area contributed by atoms with Gasteiger partial charge in [0.15, 0.2) is 0 Å². The van der Waals surface area contributed by atoms with E-state index in [2.05, 4.69) is 13.0 Å². The van der Waals surface area contributed by atoms with Crippen LogP contribution in [0.2, 0.25) is 0 Å². The van der Waals surface area contributed by atoms with Crippen molar-refractivity contribution in [3.63, 3.8) is 0 Å². The Morgan fingerprint density at radius 3 is 2.61 bits per heavy atom. The van der Waals surface area contributed by atoms with E-state index >= 15 is 0 Å². The maximum absolute atomic E-state index is 10.3. The molecule has 0 radical (unpaired) electrons. The summed E-state index contributed by atoms with van der Waals surface area (Å²) >= 11 is 0. The van der Waals surface area contributed by atoms with E-state index in [-0.39, 0.29) is 12.5 Å². The van der Waals surface area contributed by atoms with Crippen molar-refractivity contribution in [2.75, 3.05) is 27.2 Å². The fourth-order valence-electron chi connectivity index (χ4n) is 1.93. The third kappa shape index (κ3) is 10.3. The number of hydrogen-bond acceptors (Lipinski definition) is 3. The second-order valence-electron chi connectivity index (χ2n) is 5.47. The number of likely N-dealkylation sites (N-methyl/N-ethyl adjacent to an activating group) is 1. The van der Waals surface area contributed by atoms with Gasteiger partial charge in [-0.15, -0.1) is 0 Å². The number of aliphatic hydroxyl groups is 1. The molecule has 18 heavy (non-hydrogen) atoms. The Labute approximate surface area is 111 Å². The van der Waals surface area contributed by atoms with Crippen LogP contribution in [0.25, 0.3) is 0 Å². The molecule has 0 aliphatic carbocycles. The number of carboxylic acid groups (broad SMARTS) is 1. The van der Waals surface area contributed by atoms with Crippen LogP contribution in [0.15, 0.2) is 12.2 Å². The summed E-state index contributed by atoms with van der Waals surface area (Å²) in [6.45, 7) is 3.51. The Kier molecular flexibility index (Phi) is 8.67. The number of aliphatic hydroxyl groups excluding tert-OH is 1. The highest BCUT2D eigenvalue weighted by molar-refractivity contribution is 5.64. The van der Waals surface area contributed by atoms with Crippen LogP contribution in [0.5, 0.6) is 0 Å². The number of unbranched alkanes of at least 4 members (excludes halogenated alkanes) is 1. The maximum Gasteiger partial charge on any atom is 0.106 e. The molecule has 0 aromatic rings. The van der Waals surface area contributed by atoms with Crippen molar-refractivity contribution in [3.8, 4) is 0 Å². The molecule has 0 saturated heterocycles. The molecule has 0 saturated carbocycles. The maximum atomic E-state index is 10.3. The van der Waals surface area contributed by atoms with Gasteiger partial charge in [0, 0.05) is 12.4 Å². The van der Waals surface area contributed by atoms with E-state index in [1.54, 1.807) is 0 Å². The van der Waals surface area contributed by atoms with Crippen molar-refractivity contribution >= 4 is 5.97 Å². The molecule has 0 rings (SSSR count). The number of nitrogens with zero attached hydrogens (tertiary/aromatic N) is 1. The van der Waals surface area contributed by atoms with Crippen molar-refractivity contribution in [3.05, 3.63) is 12.2 Å². The van der Waals surface area contributed by atoms with E-state index in [9.17, 15) is 15.0 Å². The van der Waals surface area contributed by atoms with Crippen LogP contribution in [-0.2, 0) is 4.79 Å². The van der Waals surface area contributed by atoms with Crippen LogP contribution in [0.1, 0.15) is 39.0 Å². The minimum Gasteiger partial charge on any atom is -0.550 e. The lowest BCUT2D eigenvalue weighted by molar-refractivity contribution is -0.893. The molecule has 0 aliphatic heterocycles. The molecule has 4 nitrogen and oxygen atoms in total. The Morgan fingerprint density at radius 1 is 1.39 bits per heavy atom. The average Bonchev–Trinajstić information content (AvgIpc) is 2.22. The zero-order valence-electron chi connectivity index (χ0n) is 11.9. The highest BCUT2D eigenvalue weighted by Crippen LogP contribution is 2.06. The Balaban J connectivity index is 3.87. The van der Waals surface area contributed by atoms with Gasteiger partial charge < -0.3 is 19.5 Å². The Hall–Kier alpha value is -0.870. The largest absolute Gasteiger partial charge is 0.550 e. The van der Waals surface area contributed by atoms with E-state index < -0.39 is 5.97 Å². The average molecular weight is 257 g/mol. The highest BCUT2D eigenvalue weighted by Gasteiger charge is 2.19. The summed E-state index contributed by atoms with van der Waals surface area (Å²) in [4.78, 5) is 10.3. The highest BCUT2D eigenvalue weighted by atomic mass is 16.4. The van der Waals surface area contributed by atoms with Gasteiger partial charge in [0.2, 0.25) is 0 Å². The summed E-state index contributed by atoms with van der Waals surface area (Å²) in [5, 5.41) is 20.2. The number of aliphatic carboxylic acids is 1. The third-order valence-corrected chi connectivity index (χ3v) is 2.88. The molecule has 106 valence electrons. The van der Waals surface area contributed by atoms with Crippen molar-refractivity contribution in [1.29, 1.82) is 0 Å². The molecule has 0 heterocycles. The normalized spacial score (nSPS) is 14.0. The molecule has 0 aromatic carbocycles. The number of hydrogen-bond donors (Lipinski definition) is 1. The molecule has 0 bridgehead atoms. The standard InChI is InChI=1S/C14H27NO3/c1-4-5-6-7-9-13(16)12-15(2,3)11-8-10-14(17)18/h6-7,13,16H,4-5,8-12H2,1-3H3/b7-6+. The molecule has 1 atom stereocenters. The molecule has 1 N–H and O–H groups in total. The first kappa shape index (κ1) is 17.1. The van der Waals surface area contributed by atoms with Gasteiger partial charge >= 0.3 is 0 Å². The first-order valence-electron chi connectivity index (χ1n) is 6.72. The zero-order chi connectivity index (χ0) is 14.0. The molecule has 4 heteroatoms. The van der Waals surface area contributed by atoms with Crippen molar-refractivity contribution < 1.29 is 19.5 Å². The zero-order valence-corrected chi connectivity index (χ0v) is 11.9. The summed E-state index contributed by atoms with van der Waals surface area (Å²) in [6, 6.07) is 0. The molecular weight excluding hydrogens is 230 g/mol. The fraction of sp³-hybridized carbons (Fsp3) is 0.786. The first-order valence-corrected chi connectivity index (χ1v) is 6.72. The molecule has 0 fully saturated rings. The van der Waals surface area contributed by atoms with Crippen LogP contribution in [0.3, 0.4) is 0 Å². The van der Waals surface area contributed by atoms with Gasteiger partial charge in [-0.05, 0) is 19.3 Å². The van der Waals surface area contributed by atoms with Gasteiger partial charge in [0.25, 0.3) is 0 Å². The second-order valence-corrected chi connectivity index (χ2v) is 5.47. The van der Waals surface area contributed by atoms with Gasteiger partial charge in [-0.2, -0.15) is 0 Å². The number of carbonyl (C=O) groups excluding carboxylic acids is 1. The number of allylic oxidation sites excluding steroid dienone is 1. The van der Waals surface area contributed by atoms with E-state index in [1.807, 2.05) is 20.2 Å². The second kappa shape index (κ2) is 9.11. The van der Waals surface area contributed by atoms with Crippen LogP contribution in [0, 0.1) is 0 Å². The van der Waals surface area contributed by atoms with Gasteiger partial charge in [-0.1, -0.05) is 25.5 Å². The summed E-state index contributed by atoms with van der Waals surface area (Å²) in [5.74, 6) is -1.00. The monoisotopic (exact) mass is 257 g/mol. The molecule has 0 spiro atoms. The van der Waals surface area contributed by atoms with Crippen LogP contribution in [0.4, 0.5) is 0 Å². The van der Waals surface area contributed by atoms with Crippen molar-refractivity contribution in [2.24, 2.45) is 0 Å². The minimum absolute atomic E-state index is 0.0914. The number of carboxylic acids is 1. The smallest absolute Gasteiger partial charge is 0.106 e. The molecule has 0 amide bonds. The van der Waals surface area contributed by atoms with Crippen LogP contribution >= 0.6 is 0 Å². The Bertz CT molecular complexity index is 262. The van der Waals surface area contributed by atoms with E-state index in [1.165, 1.54) is 0 Å². The van der Waals surface area contributed by atoms with Gasteiger partial charge in [0.1, 0.15) is 12.6 Å².